The Bertz CT molecular complexity index is 724. The Morgan fingerprint density at radius 3 is 2.67 bits per heavy atom. The number of hydrogen-bond acceptors (Lipinski definition) is 5. The summed E-state index contributed by atoms with van der Waals surface area (Å²) in [6.07, 6.45) is 1.53. The van der Waals surface area contributed by atoms with Crippen molar-refractivity contribution < 1.29 is 8.42 Å². The Labute approximate surface area is 124 Å². The average Bonchev–Trinajstić information content (AvgIpc) is 2.85. The Hall–Kier alpha value is -1.77. The van der Waals surface area contributed by atoms with Crippen molar-refractivity contribution in [2.24, 2.45) is 7.05 Å². The Morgan fingerprint density at radius 1 is 1.29 bits per heavy atom. The number of aromatic nitrogens is 3. The lowest BCUT2D eigenvalue weighted by Crippen LogP contribution is -2.24. The summed E-state index contributed by atoms with van der Waals surface area (Å²) in [5.74, 6) is 0.434. The van der Waals surface area contributed by atoms with E-state index in [1.165, 1.54) is 11.0 Å². The summed E-state index contributed by atoms with van der Waals surface area (Å²) in [5, 5.41) is 7.06. The van der Waals surface area contributed by atoms with Gasteiger partial charge in [0.05, 0.1) is 11.4 Å². The summed E-state index contributed by atoms with van der Waals surface area (Å²) < 4.78 is 28.6. The molecule has 0 spiro atoms. The first kappa shape index (κ1) is 15.6. The molecule has 2 N–H and O–H groups in total. The first-order valence-corrected chi connectivity index (χ1v) is 7.99. The molecule has 2 aromatic rings. The number of hydrogen-bond donors (Lipinski definition) is 2. The third-order valence-electron chi connectivity index (χ3n) is 3.07. The predicted octanol–water partition coefficient (Wildman–Crippen LogP) is 0.321. The van der Waals surface area contributed by atoms with Gasteiger partial charge in [-0.15, -0.1) is 0 Å². The van der Waals surface area contributed by atoms with E-state index in [9.17, 15) is 8.42 Å². The number of benzene rings is 1. The maximum absolute atomic E-state index is 12.3. The predicted molar refractivity (Wildman–Crippen MR) is 79.0 cm³/mol. The van der Waals surface area contributed by atoms with Crippen LogP contribution in [0.5, 0.6) is 0 Å². The van der Waals surface area contributed by atoms with Crippen molar-refractivity contribution in [3.63, 3.8) is 0 Å². The van der Waals surface area contributed by atoms with Gasteiger partial charge in [0, 0.05) is 13.6 Å². The molecule has 0 radical (unpaired) electrons. The van der Waals surface area contributed by atoms with Crippen molar-refractivity contribution in [1.29, 1.82) is 0 Å². The van der Waals surface area contributed by atoms with Crippen LogP contribution in [0.2, 0.25) is 0 Å². The quantitative estimate of drug-likeness (QED) is 0.802. The monoisotopic (exact) mass is 309 g/mol. The van der Waals surface area contributed by atoms with Gasteiger partial charge in [0.2, 0.25) is 10.0 Å². The molecule has 8 heteroatoms. The van der Waals surface area contributed by atoms with E-state index >= 15 is 0 Å². The average molecular weight is 309 g/mol. The largest absolute Gasteiger partial charge is 0.316 e. The number of nitrogens with zero attached hydrogens (tertiary/aromatic N) is 3. The molecule has 1 aromatic carbocycles. The van der Waals surface area contributed by atoms with Gasteiger partial charge in [-0.1, -0.05) is 6.07 Å². The molecule has 2 rings (SSSR count). The molecule has 1 heterocycles. The molecule has 0 unspecified atom stereocenters. The highest BCUT2D eigenvalue weighted by Crippen LogP contribution is 2.15. The van der Waals surface area contributed by atoms with Crippen LogP contribution in [-0.4, -0.2) is 30.2 Å². The summed E-state index contributed by atoms with van der Waals surface area (Å²) in [4.78, 5) is 4.23. The van der Waals surface area contributed by atoms with Crippen molar-refractivity contribution in [2.75, 3.05) is 7.05 Å². The first-order chi connectivity index (χ1) is 9.92. The van der Waals surface area contributed by atoms with Crippen molar-refractivity contribution in [3.8, 4) is 0 Å². The topological polar surface area (TPSA) is 88.9 Å². The smallest absolute Gasteiger partial charge is 0.240 e. The van der Waals surface area contributed by atoms with Gasteiger partial charge < -0.3 is 5.32 Å². The normalized spacial score (nSPS) is 11.8. The molecule has 0 saturated heterocycles. The summed E-state index contributed by atoms with van der Waals surface area (Å²) >= 11 is 0. The maximum atomic E-state index is 12.3. The fourth-order valence-corrected chi connectivity index (χ4v) is 2.93. The SMILES string of the molecule is CNCc1cc(S(=O)(=O)NCc2ncn(C)n2)ccc1C. The zero-order valence-electron chi connectivity index (χ0n) is 12.3. The van der Waals surface area contributed by atoms with Crippen LogP contribution in [0.4, 0.5) is 0 Å². The van der Waals surface area contributed by atoms with Crippen LogP contribution in [0.25, 0.3) is 0 Å². The molecule has 21 heavy (non-hydrogen) atoms. The highest BCUT2D eigenvalue weighted by atomic mass is 32.2. The lowest BCUT2D eigenvalue weighted by Gasteiger charge is -2.09. The molecule has 0 aliphatic heterocycles. The first-order valence-electron chi connectivity index (χ1n) is 6.50. The van der Waals surface area contributed by atoms with Crippen molar-refractivity contribution in [3.05, 3.63) is 41.5 Å². The molecular weight excluding hydrogens is 290 g/mol. The molecule has 0 atom stereocenters. The van der Waals surface area contributed by atoms with Crippen molar-refractivity contribution >= 4 is 10.0 Å². The minimum Gasteiger partial charge on any atom is -0.316 e. The second-order valence-electron chi connectivity index (χ2n) is 4.78. The second kappa shape index (κ2) is 6.33. The highest BCUT2D eigenvalue weighted by Gasteiger charge is 2.16. The molecule has 0 aliphatic rings. The molecule has 0 saturated carbocycles. The number of sulfonamides is 1. The van der Waals surface area contributed by atoms with E-state index in [1.807, 2.05) is 14.0 Å². The zero-order chi connectivity index (χ0) is 15.5. The molecule has 7 nitrogen and oxygen atoms in total. The maximum Gasteiger partial charge on any atom is 0.240 e. The fraction of sp³-hybridized carbons (Fsp3) is 0.385. The van der Waals surface area contributed by atoms with Gasteiger partial charge in [0.15, 0.2) is 5.82 Å². The molecule has 0 aliphatic carbocycles. The Kier molecular flexibility index (Phi) is 4.71. The van der Waals surface area contributed by atoms with E-state index < -0.39 is 10.0 Å². The van der Waals surface area contributed by atoms with Gasteiger partial charge >= 0.3 is 0 Å². The van der Waals surface area contributed by atoms with E-state index in [1.54, 1.807) is 25.2 Å². The third kappa shape index (κ3) is 3.87. The third-order valence-corrected chi connectivity index (χ3v) is 4.46. The number of rotatable bonds is 6. The van der Waals surface area contributed by atoms with Crippen LogP contribution in [0.15, 0.2) is 29.4 Å². The molecular formula is C13H19N5O2S. The molecule has 114 valence electrons. The second-order valence-corrected chi connectivity index (χ2v) is 6.54. The lowest BCUT2D eigenvalue weighted by molar-refractivity contribution is 0.578. The van der Waals surface area contributed by atoms with Gasteiger partial charge in [-0.25, -0.2) is 18.1 Å². The van der Waals surface area contributed by atoms with Crippen molar-refractivity contribution in [1.82, 2.24) is 24.8 Å². The van der Waals surface area contributed by atoms with Crippen LogP contribution in [0, 0.1) is 6.92 Å². The molecule has 0 amide bonds. The minimum absolute atomic E-state index is 0.0679. The molecule has 0 fully saturated rings. The molecule has 1 aromatic heterocycles. The van der Waals surface area contributed by atoms with Crippen LogP contribution >= 0.6 is 0 Å². The van der Waals surface area contributed by atoms with E-state index in [0.717, 1.165) is 11.1 Å². The summed E-state index contributed by atoms with van der Waals surface area (Å²) in [6.45, 7) is 2.64. The van der Waals surface area contributed by atoms with Gasteiger partial charge in [-0.05, 0) is 37.2 Å². The zero-order valence-corrected chi connectivity index (χ0v) is 13.1. The minimum atomic E-state index is -3.57. The van der Waals surface area contributed by atoms with E-state index in [-0.39, 0.29) is 11.4 Å². The van der Waals surface area contributed by atoms with Crippen LogP contribution in [-0.2, 0) is 30.2 Å². The summed E-state index contributed by atoms with van der Waals surface area (Å²) in [6, 6.07) is 5.09. The molecule has 0 bridgehead atoms. The van der Waals surface area contributed by atoms with Gasteiger partial charge in [0.1, 0.15) is 6.33 Å². The van der Waals surface area contributed by atoms with E-state index in [0.29, 0.717) is 12.4 Å². The van der Waals surface area contributed by atoms with Crippen LogP contribution in [0.1, 0.15) is 17.0 Å². The Morgan fingerprint density at radius 2 is 2.05 bits per heavy atom. The van der Waals surface area contributed by atoms with Crippen molar-refractivity contribution in [2.45, 2.75) is 24.9 Å². The standard InChI is InChI=1S/C13H19N5O2S/c1-10-4-5-12(6-11(10)7-14-2)21(19,20)16-8-13-15-9-18(3)17-13/h4-6,9,14,16H,7-8H2,1-3H3. The highest BCUT2D eigenvalue weighted by molar-refractivity contribution is 7.89. The fourth-order valence-electron chi connectivity index (χ4n) is 1.90. The van der Waals surface area contributed by atoms with Gasteiger partial charge in [0.25, 0.3) is 0 Å². The van der Waals surface area contributed by atoms with Crippen LogP contribution in [0.3, 0.4) is 0 Å². The van der Waals surface area contributed by atoms with Gasteiger partial charge in [-0.3, -0.25) is 4.68 Å². The summed E-state index contributed by atoms with van der Waals surface area (Å²) in [7, 11) is -0.0177. The van der Waals surface area contributed by atoms with Gasteiger partial charge in [-0.2, -0.15) is 5.10 Å². The van der Waals surface area contributed by atoms with E-state index in [2.05, 4.69) is 20.1 Å². The number of aryl methyl sites for hydroxylation is 2. The summed E-state index contributed by atoms with van der Waals surface area (Å²) in [5.41, 5.74) is 2.01. The Balaban J connectivity index is 2.17. The van der Waals surface area contributed by atoms with E-state index in [4.69, 9.17) is 0 Å². The number of nitrogens with one attached hydrogen (secondary N) is 2. The lowest BCUT2D eigenvalue weighted by atomic mass is 10.1. The van der Waals surface area contributed by atoms with Crippen LogP contribution < -0.4 is 10.0 Å².